The summed E-state index contributed by atoms with van der Waals surface area (Å²) in [5, 5.41) is 6.39. The smallest absolute Gasteiger partial charge is 0.228 e. The summed E-state index contributed by atoms with van der Waals surface area (Å²) in [5.41, 5.74) is 0. The summed E-state index contributed by atoms with van der Waals surface area (Å²) < 4.78 is 29.8. The molecule has 0 unspecified atom stereocenters. The number of nitrogens with one attached hydrogen (secondary N) is 1. The number of rotatable bonds is 4. The summed E-state index contributed by atoms with van der Waals surface area (Å²) in [6, 6.07) is 1.65. The van der Waals surface area contributed by atoms with E-state index in [1.165, 1.54) is 4.31 Å². The molecule has 2 heterocycles. The van der Waals surface area contributed by atoms with Crippen molar-refractivity contribution in [2.24, 2.45) is 5.92 Å². The van der Waals surface area contributed by atoms with Gasteiger partial charge in [0.25, 0.3) is 0 Å². The lowest BCUT2D eigenvalue weighted by molar-refractivity contribution is -0.120. The molecular weight excluding hydrogens is 282 g/mol. The molecule has 7 nitrogen and oxygen atoms in total. The van der Waals surface area contributed by atoms with Crippen molar-refractivity contribution < 1.29 is 17.7 Å². The third-order valence-corrected chi connectivity index (χ3v) is 5.34. The molecule has 1 amide bonds. The van der Waals surface area contributed by atoms with Gasteiger partial charge in [0.2, 0.25) is 15.9 Å². The summed E-state index contributed by atoms with van der Waals surface area (Å²) in [6.45, 7) is 4.16. The highest BCUT2D eigenvalue weighted by Crippen LogP contribution is 2.21. The number of anilines is 1. The molecule has 0 aliphatic carbocycles. The molecule has 1 N–H and O–H groups in total. The van der Waals surface area contributed by atoms with E-state index in [4.69, 9.17) is 4.52 Å². The Balaban J connectivity index is 1.89. The summed E-state index contributed by atoms with van der Waals surface area (Å²) >= 11 is 0. The van der Waals surface area contributed by atoms with E-state index in [0.29, 0.717) is 37.5 Å². The van der Waals surface area contributed by atoms with Gasteiger partial charge in [-0.25, -0.2) is 12.7 Å². The topological polar surface area (TPSA) is 92.5 Å². The van der Waals surface area contributed by atoms with Gasteiger partial charge < -0.3 is 9.84 Å². The average molecular weight is 301 g/mol. The predicted molar refractivity (Wildman–Crippen MR) is 73.6 cm³/mol. The van der Waals surface area contributed by atoms with E-state index in [-0.39, 0.29) is 17.6 Å². The molecule has 1 aromatic rings. The Morgan fingerprint density at radius 3 is 2.65 bits per heavy atom. The number of carbonyl (C=O) groups is 1. The molecule has 0 spiro atoms. The molecule has 8 heteroatoms. The monoisotopic (exact) mass is 301 g/mol. The fourth-order valence-corrected chi connectivity index (χ4v) is 3.36. The van der Waals surface area contributed by atoms with Gasteiger partial charge in [0.05, 0.1) is 5.75 Å². The second-order valence-corrected chi connectivity index (χ2v) is 7.14. The first-order valence-electron chi connectivity index (χ1n) is 6.64. The Bertz CT molecular complexity index is 573. The number of nitrogens with zero attached hydrogens (tertiary/aromatic N) is 2. The molecule has 1 aromatic heterocycles. The van der Waals surface area contributed by atoms with Gasteiger partial charge in [-0.2, -0.15) is 0 Å². The van der Waals surface area contributed by atoms with Crippen LogP contribution in [0, 0.1) is 12.8 Å². The zero-order valence-corrected chi connectivity index (χ0v) is 12.4. The van der Waals surface area contributed by atoms with Crippen molar-refractivity contribution in [1.82, 2.24) is 9.46 Å². The number of hydrogen-bond acceptors (Lipinski definition) is 5. The minimum Gasteiger partial charge on any atom is -0.360 e. The molecule has 0 saturated carbocycles. The molecule has 20 heavy (non-hydrogen) atoms. The number of aryl methyl sites for hydroxylation is 1. The largest absolute Gasteiger partial charge is 0.360 e. The van der Waals surface area contributed by atoms with Crippen LogP contribution in [-0.4, -0.2) is 42.6 Å². The molecule has 0 radical (unpaired) electrons. The van der Waals surface area contributed by atoms with Crippen LogP contribution in [0.15, 0.2) is 10.6 Å². The second kappa shape index (κ2) is 5.92. The minimum absolute atomic E-state index is 0.0993. The van der Waals surface area contributed by atoms with Gasteiger partial charge in [0.15, 0.2) is 5.82 Å². The summed E-state index contributed by atoms with van der Waals surface area (Å²) in [7, 11) is -3.15. The van der Waals surface area contributed by atoms with Crippen LogP contribution in [0.1, 0.15) is 25.5 Å². The van der Waals surface area contributed by atoms with Crippen LogP contribution in [-0.2, 0) is 14.8 Å². The maximum Gasteiger partial charge on any atom is 0.228 e. The molecule has 1 fully saturated rings. The van der Waals surface area contributed by atoms with Crippen LogP contribution in [0.4, 0.5) is 5.82 Å². The highest BCUT2D eigenvalue weighted by atomic mass is 32.2. The molecule has 1 aliphatic heterocycles. The Morgan fingerprint density at radius 1 is 1.50 bits per heavy atom. The van der Waals surface area contributed by atoms with Crippen LogP contribution in [0.3, 0.4) is 0 Å². The molecule has 112 valence electrons. The van der Waals surface area contributed by atoms with E-state index in [0.717, 1.165) is 0 Å². The van der Waals surface area contributed by atoms with E-state index in [1.54, 1.807) is 19.9 Å². The van der Waals surface area contributed by atoms with E-state index in [9.17, 15) is 13.2 Å². The first-order chi connectivity index (χ1) is 9.42. The maximum absolute atomic E-state index is 12.0. The van der Waals surface area contributed by atoms with E-state index >= 15 is 0 Å². The van der Waals surface area contributed by atoms with Crippen LogP contribution >= 0.6 is 0 Å². The first-order valence-corrected chi connectivity index (χ1v) is 8.25. The second-order valence-electron chi connectivity index (χ2n) is 4.89. The maximum atomic E-state index is 12.0. The summed E-state index contributed by atoms with van der Waals surface area (Å²) in [4.78, 5) is 12.0. The lowest BCUT2D eigenvalue weighted by atomic mass is 9.97. The third kappa shape index (κ3) is 3.37. The van der Waals surface area contributed by atoms with Crippen molar-refractivity contribution in [1.29, 1.82) is 0 Å². The molecule has 0 bridgehead atoms. The Kier molecular flexibility index (Phi) is 4.44. The van der Waals surface area contributed by atoms with Gasteiger partial charge in [-0.1, -0.05) is 5.16 Å². The van der Waals surface area contributed by atoms with Gasteiger partial charge in [-0.05, 0) is 26.7 Å². The summed E-state index contributed by atoms with van der Waals surface area (Å²) in [5.74, 6) is 0.810. The molecule has 2 rings (SSSR count). The zero-order chi connectivity index (χ0) is 14.8. The predicted octanol–water partition coefficient (Wildman–Crippen LogP) is 0.983. The Morgan fingerprint density at radius 2 is 2.15 bits per heavy atom. The van der Waals surface area contributed by atoms with E-state index in [1.807, 2.05) is 0 Å². The van der Waals surface area contributed by atoms with E-state index in [2.05, 4.69) is 10.5 Å². The fourth-order valence-electron chi connectivity index (χ4n) is 2.23. The average Bonchev–Trinajstić information content (AvgIpc) is 2.84. The number of amides is 1. The Hall–Kier alpha value is -1.41. The summed E-state index contributed by atoms with van der Waals surface area (Å²) in [6.07, 6.45) is 1.06. The number of sulfonamides is 1. The SMILES string of the molecule is CCS(=O)(=O)N1CCC(C(=O)Nc2cc(C)on2)CC1. The van der Waals surface area contributed by atoms with Crippen molar-refractivity contribution >= 4 is 21.7 Å². The lowest BCUT2D eigenvalue weighted by Crippen LogP contribution is -2.42. The van der Waals surface area contributed by atoms with Crippen molar-refractivity contribution in [3.63, 3.8) is 0 Å². The van der Waals surface area contributed by atoms with Gasteiger partial charge in [-0.3, -0.25) is 4.79 Å². The number of hydrogen-bond donors (Lipinski definition) is 1. The van der Waals surface area contributed by atoms with Gasteiger partial charge >= 0.3 is 0 Å². The van der Waals surface area contributed by atoms with Gasteiger partial charge in [0, 0.05) is 25.1 Å². The van der Waals surface area contributed by atoms with Crippen LogP contribution in [0.5, 0.6) is 0 Å². The fraction of sp³-hybridized carbons (Fsp3) is 0.667. The van der Waals surface area contributed by atoms with Crippen molar-refractivity contribution in [3.8, 4) is 0 Å². The molecule has 1 saturated heterocycles. The molecule has 1 aliphatic rings. The quantitative estimate of drug-likeness (QED) is 0.895. The standard InChI is InChI=1S/C12H19N3O4S/c1-3-20(17,18)15-6-4-10(5-7-15)12(16)13-11-8-9(2)19-14-11/h8,10H,3-7H2,1-2H3,(H,13,14,16). The van der Waals surface area contributed by atoms with Crippen LogP contribution < -0.4 is 5.32 Å². The van der Waals surface area contributed by atoms with Gasteiger partial charge in [0.1, 0.15) is 5.76 Å². The van der Waals surface area contributed by atoms with Gasteiger partial charge in [-0.15, -0.1) is 0 Å². The van der Waals surface area contributed by atoms with Crippen LogP contribution in [0.2, 0.25) is 0 Å². The molecule has 0 atom stereocenters. The van der Waals surface area contributed by atoms with E-state index < -0.39 is 10.0 Å². The highest BCUT2D eigenvalue weighted by Gasteiger charge is 2.30. The highest BCUT2D eigenvalue weighted by molar-refractivity contribution is 7.89. The first kappa shape index (κ1) is 15.0. The third-order valence-electron chi connectivity index (χ3n) is 3.46. The van der Waals surface area contributed by atoms with Crippen molar-refractivity contribution in [3.05, 3.63) is 11.8 Å². The normalized spacial score (nSPS) is 18.1. The minimum atomic E-state index is -3.15. The van der Waals surface area contributed by atoms with Crippen molar-refractivity contribution in [2.75, 3.05) is 24.2 Å². The van der Waals surface area contributed by atoms with Crippen molar-refractivity contribution in [2.45, 2.75) is 26.7 Å². The molecular formula is C12H19N3O4S. The molecule has 0 aromatic carbocycles. The number of aromatic nitrogens is 1. The number of piperidine rings is 1. The lowest BCUT2D eigenvalue weighted by Gasteiger charge is -2.29. The zero-order valence-electron chi connectivity index (χ0n) is 11.6. The number of carbonyl (C=O) groups excluding carboxylic acids is 1. The van der Waals surface area contributed by atoms with Crippen LogP contribution in [0.25, 0.3) is 0 Å². The Labute approximate surface area is 118 Å².